The minimum Gasteiger partial charge on any atom is -0.278 e. The van der Waals surface area contributed by atoms with Crippen LogP contribution in [0.1, 0.15) is 33.4 Å². The summed E-state index contributed by atoms with van der Waals surface area (Å²) in [5, 5.41) is 7.44. The number of hydrogen-bond acceptors (Lipinski definition) is 2. The topological polar surface area (TPSA) is 30.7 Å². The molecule has 3 heterocycles. The molecule has 3 nitrogen and oxygen atoms in total. The molecule has 0 saturated carbocycles. The van der Waals surface area contributed by atoms with Crippen LogP contribution in [0, 0.1) is 0 Å². The molecule has 2 aliphatic rings. The van der Waals surface area contributed by atoms with Crippen LogP contribution in [0.2, 0.25) is 0 Å². The first kappa shape index (κ1) is 29.5. The highest BCUT2D eigenvalue weighted by molar-refractivity contribution is 6.19. The van der Waals surface area contributed by atoms with Gasteiger partial charge in [0.25, 0.3) is 0 Å². The highest BCUT2D eigenvalue weighted by Gasteiger charge is 2.50. The highest BCUT2D eigenvalue weighted by Crippen LogP contribution is 2.62. The highest BCUT2D eigenvalue weighted by atomic mass is 15.1. The first-order valence-corrected chi connectivity index (χ1v) is 18.6. The summed E-state index contributed by atoms with van der Waals surface area (Å²) in [5.41, 5.74) is 14.2. The zero-order valence-electron chi connectivity index (χ0n) is 29.2. The van der Waals surface area contributed by atoms with Crippen molar-refractivity contribution in [2.45, 2.75) is 5.41 Å². The lowest BCUT2D eigenvalue weighted by atomic mass is 9.64. The molecule has 1 spiro atoms. The Hall–Kier alpha value is -7.10. The molecule has 0 bridgehead atoms. The van der Waals surface area contributed by atoms with Gasteiger partial charge in [-0.3, -0.25) is 4.57 Å². The summed E-state index contributed by atoms with van der Waals surface area (Å²) in [7, 11) is 0. The van der Waals surface area contributed by atoms with Crippen molar-refractivity contribution in [3.63, 3.8) is 0 Å². The van der Waals surface area contributed by atoms with Crippen LogP contribution >= 0.6 is 0 Å². The third-order valence-corrected chi connectivity index (χ3v) is 11.9. The van der Waals surface area contributed by atoms with E-state index in [0.29, 0.717) is 0 Å². The van der Waals surface area contributed by atoms with Gasteiger partial charge in [0.05, 0.1) is 10.9 Å². The van der Waals surface area contributed by atoms with E-state index in [4.69, 9.17) is 9.97 Å². The van der Waals surface area contributed by atoms with Crippen molar-refractivity contribution < 1.29 is 0 Å². The maximum absolute atomic E-state index is 4.84. The molecule has 3 aromatic heterocycles. The van der Waals surface area contributed by atoms with Crippen LogP contribution < -0.4 is 0 Å². The molecule has 250 valence electrons. The molecule has 0 saturated heterocycles. The summed E-state index contributed by atoms with van der Waals surface area (Å²) in [4.78, 5) is 9.55. The summed E-state index contributed by atoms with van der Waals surface area (Å²) in [6, 6.07) is 60.3. The van der Waals surface area contributed by atoms with Crippen molar-refractivity contribution in [3.05, 3.63) is 210 Å². The van der Waals surface area contributed by atoms with Gasteiger partial charge in [-0.1, -0.05) is 133 Å². The van der Waals surface area contributed by atoms with Crippen LogP contribution in [-0.2, 0) is 5.41 Å². The van der Waals surface area contributed by atoms with Crippen LogP contribution in [0.15, 0.2) is 176 Å². The Bertz CT molecular complexity index is 3220. The van der Waals surface area contributed by atoms with E-state index in [0.717, 1.165) is 27.8 Å². The maximum Gasteiger partial charge on any atom is 0.146 e. The molecule has 7 aromatic carbocycles. The van der Waals surface area contributed by atoms with E-state index in [2.05, 4.69) is 156 Å². The third-order valence-electron chi connectivity index (χ3n) is 11.9. The van der Waals surface area contributed by atoms with Gasteiger partial charge < -0.3 is 0 Å². The van der Waals surface area contributed by atoms with Gasteiger partial charge in [-0.05, 0) is 120 Å². The number of rotatable bonds is 2. The average molecular weight is 686 g/mol. The van der Waals surface area contributed by atoms with Crippen molar-refractivity contribution >= 4 is 55.6 Å². The van der Waals surface area contributed by atoms with Crippen LogP contribution in [0.25, 0.3) is 83.7 Å². The first-order valence-electron chi connectivity index (χ1n) is 18.6. The predicted molar refractivity (Wildman–Crippen MR) is 223 cm³/mol. The molecule has 1 atom stereocenters. The Morgan fingerprint density at radius 3 is 1.93 bits per heavy atom. The molecule has 0 N–H and O–H groups in total. The number of pyridine rings is 2. The Morgan fingerprint density at radius 1 is 0.426 bits per heavy atom. The van der Waals surface area contributed by atoms with Gasteiger partial charge in [-0.15, -0.1) is 0 Å². The molecule has 1 unspecified atom stereocenters. The fourth-order valence-corrected chi connectivity index (χ4v) is 9.79. The number of benzene rings is 7. The van der Waals surface area contributed by atoms with Gasteiger partial charge in [0, 0.05) is 23.2 Å². The van der Waals surface area contributed by atoms with E-state index in [1.807, 2.05) is 36.7 Å². The van der Waals surface area contributed by atoms with E-state index in [9.17, 15) is 0 Å². The summed E-state index contributed by atoms with van der Waals surface area (Å²) >= 11 is 0. The zero-order valence-corrected chi connectivity index (χ0v) is 29.2. The molecular formula is C51H31N3. The van der Waals surface area contributed by atoms with Gasteiger partial charge >= 0.3 is 0 Å². The minimum absolute atomic E-state index is 0.565. The van der Waals surface area contributed by atoms with Crippen LogP contribution in [-0.4, -0.2) is 14.5 Å². The van der Waals surface area contributed by atoms with Crippen molar-refractivity contribution in [1.29, 1.82) is 0 Å². The number of aromatic nitrogens is 3. The molecule has 0 aliphatic heterocycles. The molecule has 0 radical (unpaired) electrons. The Balaban J connectivity index is 1.19. The predicted octanol–water partition coefficient (Wildman–Crippen LogP) is 12.4. The van der Waals surface area contributed by atoms with E-state index < -0.39 is 5.41 Å². The summed E-state index contributed by atoms with van der Waals surface area (Å²) in [6.45, 7) is 0. The second kappa shape index (κ2) is 11.0. The lowest BCUT2D eigenvalue weighted by Crippen LogP contribution is -2.30. The molecule has 10 aromatic rings. The van der Waals surface area contributed by atoms with Gasteiger partial charge in [0.2, 0.25) is 0 Å². The Labute approximate surface area is 312 Å². The van der Waals surface area contributed by atoms with E-state index in [-0.39, 0.29) is 0 Å². The quantitative estimate of drug-likeness (QED) is 0.170. The Kier molecular flexibility index (Phi) is 5.98. The lowest BCUT2D eigenvalue weighted by molar-refractivity contribution is 0.774. The minimum atomic E-state index is -0.565. The second-order valence-electron chi connectivity index (χ2n) is 14.5. The van der Waals surface area contributed by atoms with Gasteiger partial charge in [0.15, 0.2) is 0 Å². The molecule has 0 amide bonds. The largest absolute Gasteiger partial charge is 0.278 e. The Morgan fingerprint density at radius 2 is 1.07 bits per heavy atom. The van der Waals surface area contributed by atoms with Crippen LogP contribution in [0.3, 0.4) is 0 Å². The second-order valence-corrected chi connectivity index (χ2v) is 14.5. The number of hydrogen-bond donors (Lipinski definition) is 0. The number of fused-ring (bicyclic) bond motifs is 17. The molecular weight excluding hydrogens is 655 g/mol. The molecule has 0 fully saturated rings. The molecule has 12 rings (SSSR count). The summed E-state index contributed by atoms with van der Waals surface area (Å²) in [6.07, 6.45) is 8.35. The van der Waals surface area contributed by atoms with E-state index >= 15 is 0 Å². The van der Waals surface area contributed by atoms with Crippen molar-refractivity contribution in [2.75, 3.05) is 0 Å². The standard InChI is InChI=1S/C51H31N3/c1-7-19-43-32(12-1)22-23-33-24-25-35(34-26-27-46-42(30-34)40-18-11-29-53-50(40)54(46)47-21-9-10-28-52-47)31-45(33)51(43)44-20-8-6-17-41(44)48-38-15-4-2-13-36(38)37-14-3-5-16-39(37)49(48)51/h1-31H. The normalized spacial score (nSPS) is 15.4. The molecule has 54 heavy (non-hydrogen) atoms. The fourth-order valence-electron chi connectivity index (χ4n) is 9.79. The SMILES string of the molecule is C1=Cc2ccc(-c3ccc4c(c3)c3cccnc3n4-c3ccccn3)cc2C2(c3ccccc31)c1ccccc1-c1c2c2ccccc2c2ccccc12. The lowest BCUT2D eigenvalue weighted by Gasteiger charge is -2.36. The smallest absolute Gasteiger partial charge is 0.146 e. The zero-order chi connectivity index (χ0) is 35.4. The van der Waals surface area contributed by atoms with E-state index in [1.165, 1.54) is 77.2 Å². The van der Waals surface area contributed by atoms with Crippen molar-refractivity contribution in [3.8, 4) is 28.1 Å². The first-order chi connectivity index (χ1) is 26.8. The number of nitrogens with zero attached hydrogens (tertiary/aromatic N) is 3. The van der Waals surface area contributed by atoms with Gasteiger partial charge in [-0.2, -0.15) is 0 Å². The van der Waals surface area contributed by atoms with Crippen LogP contribution in [0.4, 0.5) is 0 Å². The summed E-state index contributed by atoms with van der Waals surface area (Å²) in [5.74, 6) is 0.861. The third kappa shape index (κ3) is 3.80. The van der Waals surface area contributed by atoms with Crippen LogP contribution in [0.5, 0.6) is 0 Å². The van der Waals surface area contributed by atoms with Gasteiger partial charge in [0.1, 0.15) is 11.5 Å². The molecule has 3 heteroatoms. The van der Waals surface area contributed by atoms with E-state index in [1.54, 1.807) is 0 Å². The maximum atomic E-state index is 4.84. The molecule has 2 aliphatic carbocycles. The van der Waals surface area contributed by atoms with Crippen molar-refractivity contribution in [1.82, 2.24) is 14.5 Å². The van der Waals surface area contributed by atoms with Crippen molar-refractivity contribution in [2.24, 2.45) is 0 Å². The summed E-state index contributed by atoms with van der Waals surface area (Å²) < 4.78 is 2.17. The fraction of sp³-hybridized carbons (Fsp3) is 0.0196. The average Bonchev–Trinajstić information content (AvgIpc) is 3.69. The van der Waals surface area contributed by atoms with Gasteiger partial charge in [-0.25, -0.2) is 9.97 Å². The monoisotopic (exact) mass is 685 g/mol.